The highest BCUT2D eigenvalue weighted by molar-refractivity contribution is 5.96. The lowest BCUT2D eigenvalue weighted by Gasteiger charge is -2.21. The van der Waals surface area contributed by atoms with Crippen LogP contribution >= 0.6 is 0 Å². The average molecular weight is 333 g/mol. The van der Waals surface area contributed by atoms with Crippen LogP contribution in [0.4, 0.5) is 0 Å². The van der Waals surface area contributed by atoms with Gasteiger partial charge in [0.1, 0.15) is 5.82 Å². The summed E-state index contributed by atoms with van der Waals surface area (Å²) in [5.74, 6) is 1.24. The van der Waals surface area contributed by atoms with E-state index in [4.69, 9.17) is 5.73 Å². The van der Waals surface area contributed by atoms with Crippen molar-refractivity contribution in [2.45, 2.75) is 38.5 Å². The Hall–Kier alpha value is -2.62. The van der Waals surface area contributed by atoms with Gasteiger partial charge in [0.25, 0.3) is 0 Å². The lowest BCUT2D eigenvalue weighted by Crippen LogP contribution is -2.10. The molecule has 1 aliphatic carbocycles. The van der Waals surface area contributed by atoms with Gasteiger partial charge in [-0.1, -0.05) is 56.4 Å². The van der Waals surface area contributed by atoms with E-state index in [1.807, 2.05) is 6.07 Å². The van der Waals surface area contributed by atoms with Crippen molar-refractivity contribution in [1.82, 2.24) is 9.97 Å². The van der Waals surface area contributed by atoms with Crippen LogP contribution in [0.25, 0.3) is 22.4 Å². The van der Waals surface area contributed by atoms with Crippen LogP contribution in [-0.4, -0.2) is 15.9 Å². The van der Waals surface area contributed by atoms with Crippen molar-refractivity contribution in [3.8, 4) is 11.4 Å². The van der Waals surface area contributed by atoms with E-state index in [0.717, 1.165) is 28.3 Å². The number of H-pyrrole nitrogens is 1. The molecule has 25 heavy (non-hydrogen) atoms. The quantitative estimate of drug-likeness (QED) is 0.740. The number of imidazole rings is 1. The van der Waals surface area contributed by atoms with Gasteiger partial charge in [-0.3, -0.25) is 4.79 Å². The SMILES string of the molecule is NC(=O)c1ccc2nc(-c3ccc(CC4CCCCC4)cc3)[nH]c2c1. The second kappa shape index (κ2) is 6.71. The topological polar surface area (TPSA) is 71.8 Å². The van der Waals surface area contributed by atoms with Crippen LogP contribution in [0.3, 0.4) is 0 Å². The van der Waals surface area contributed by atoms with Gasteiger partial charge in [0, 0.05) is 11.1 Å². The number of nitrogens with one attached hydrogen (secondary N) is 1. The molecule has 1 heterocycles. The fourth-order valence-electron chi connectivity index (χ4n) is 3.82. The van der Waals surface area contributed by atoms with Crippen LogP contribution in [-0.2, 0) is 6.42 Å². The first-order valence-corrected chi connectivity index (χ1v) is 9.08. The molecule has 1 aliphatic rings. The molecule has 0 atom stereocenters. The van der Waals surface area contributed by atoms with Crippen molar-refractivity contribution < 1.29 is 4.79 Å². The smallest absolute Gasteiger partial charge is 0.248 e. The van der Waals surface area contributed by atoms with E-state index in [0.29, 0.717) is 5.56 Å². The summed E-state index contributed by atoms with van der Waals surface area (Å²) in [5.41, 5.74) is 9.97. The molecule has 128 valence electrons. The van der Waals surface area contributed by atoms with Gasteiger partial charge >= 0.3 is 0 Å². The van der Waals surface area contributed by atoms with Crippen molar-refractivity contribution >= 4 is 16.9 Å². The molecular formula is C21H23N3O. The molecule has 0 radical (unpaired) electrons. The van der Waals surface area contributed by atoms with Crippen LogP contribution in [0, 0.1) is 5.92 Å². The zero-order valence-electron chi connectivity index (χ0n) is 14.3. The summed E-state index contributed by atoms with van der Waals surface area (Å²) in [6.45, 7) is 0. The van der Waals surface area contributed by atoms with Crippen molar-refractivity contribution in [3.05, 3.63) is 53.6 Å². The number of nitrogens with two attached hydrogens (primary N) is 1. The zero-order chi connectivity index (χ0) is 17.2. The molecule has 0 saturated heterocycles. The molecule has 2 aromatic carbocycles. The number of carbonyl (C=O) groups is 1. The number of rotatable bonds is 4. The summed E-state index contributed by atoms with van der Waals surface area (Å²) in [7, 11) is 0. The Morgan fingerprint density at radius 3 is 2.56 bits per heavy atom. The highest BCUT2D eigenvalue weighted by Crippen LogP contribution is 2.28. The monoisotopic (exact) mass is 333 g/mol. The molecule has 1 fully saturated rings. The minimum Gasteiger partial charge on any atom is -0.366 e. The van der Waals surface area contributed by atoms with Crippen molar-refractivity contribution in [3.63, 3.8) is 0 Å². The van der Waals surface area contributed by atoms with Crippen molar-refractivity contribution in [2.75, 3.05) is 0 Å². The third-order valence-corrected chi connectivity index (χ3v) is 5.24. The van der Waals surface area contributed by atoms with Gasteiger partial charge < -0.3 is 10.7 Å². The fraction of sp³-hybridized carbons (Fsp3) is 0.333. The Labute approximate surface area is 147 Å². The number of aromatic amines is 1. The van der Waals surface area contributed by atoms with E-state index in [-0.39, 0.29) is 0 Å². The zero-order valence-corrected chi connectivity index (χ0v) is 14.3. The standard InChI is InChI=1S/C21H23N3O/c22-20(25)17-10-11-18-19(13-17)24-21(23-18)16-8-6-15(7-9-16)12-14-4-2-1-3-5-14/h6-11,13-14H,1-5,12H2,(H2,22,25)(H,23,24). The molecule has 0 spiro atoms. The number of hydrogen-bond acceptors (Lipinski definition) is 2. The van der Waals surface area contributed by atoms with E-state index in [9.17, 15) is 4.79 Å². The summed E-state index contributed by atoms with van der Waals surface area (Å²) in [5, 5.41) is 0. The van der Waals surface area contributed by atoms with Gasteiger partial charge in [-0.25, -0.2) is 4.98 Å². The van der Waals surface area contributed by atoms with Crippen LogP contribution in [0.15, 0.2) is 42.5 Å². The minimum atomic E-state index is -0.426. The highest BCUT2D eigenvalue weighted by atomic mass is 16.1. The number of benzene rings is 2. The van der Waals surface area contributed by atoms with Crippen molar-refractivity contribution in [2.24, 2.45) is 11.7 Å². The molecule has 0 bridgehead atoms. The van der Waals surface area contributed by atoms with Gasteiger partial charge in [-0.05, 0) is 36.1 Å². The maximum Gasteiger partial charge on any atom is 0.248 e. The summed E-state index contributed by atoms with van der Waals surface area (Å²) in [4.78, 5) is 19.2. The minimum absolute atomic E-state index is 0.426. The molecule has 0 aliphatic heterocycles. The average Bonchev–Trinajstić information content (AvgIpc) is 3.06. The second-order valence-electron chi connectivity index (χ2n) is 7.09. The molecule has 1 aromatic heterocycles. The Morgan fingerprint density at radius 1 is 1.08 bits per heavy atom. The summed E-state index contributed by atoms with van der Waals surface area (Å²) in [6.07, 6.45) is 8.09. The Morgan fingerprint density at radius 2 is 1.84 bits per heavy atom. The van der Waals surface area contributed by atoms with E-state index in [2.05, 4.69) is 34.2 Å². The van der Waals surface area contributed by atoms with E-state index in [1.165, 1.54) is 44.1 Å². The number of amides is 1. The maximum atomic E-state index is 11.3. The van der Waals surface area contributed by atoms with Gasteiger partial charge in [-0.2, -0.15) is 0 Å². The van der Waals surface area contributed by atoms with E-state index >= 15 is 0 Å². The maximum absolute atomic E-state index is 11.3. The third-order valence-electron chi connectivity index (χ3n) is 5.24. The molecular weight excluding hydrogens is 310 g/mol. The van der Waals surface area contributed by atoms with E-state index in [1.54, 1.807) is 12.1 Å². The fourth-order valence-corrected chi connectivity index (χ4v) is 3.82. The molecule has 0 unspecified atom stereocenters. The number of fused-ring (bicyclic) bond motifs is 1. The van der Waals surface area contributed by atoms with Gasteiger partial charge in [0.15, 0.2) is 0 Å². The normalized spacial score (nSPS) is 15.5. The largest absolute Gasteiger partial charge is 0.366 e. The van der Waals surface area contributed by atoms with Gasteiger partial charge in [0.05, 0.1) is 11.0 Å². The Bertz CT molecular complexity index is 889. The van der Waals surface area contributed by atoms with Crippen LogP contribution in [0.1, 0.15) is 48.0 Å². The lowest BCUT2D eigenvalue weighted by molar-refractivity contribution is 0.100. The molecule has 4 rings (SSSR count). The number of carbonyl (C=O) groups excluding carboxylic acids is 1. The number of aromatic nitrogens is 2. The summed E-state index contributed by atoms with van der Waals surface area (Å²) < 4.78 is 0. The molecule has 4 nitrogen and oxygen atoms in total. The van der Waals surface area contributed by atoms with Gasteiger partial charge in [0.2, 0.25) is 5.91 Å². The molecule has 3 aromatic rings. The number of nitrogens with zero attached hydrogens (tertiary/aromatic N) is 1. The molecule has 1 amide bonds. The van der Waals surface area contributed by atoms with E-state index < -0.39 is 5.91 Å². The Balaban J connectivity index is 1.55. The highest BCUT2D eigenvalue weighted by Gasteiger charge is 2.14. The third kappa shape index (κ3) is 3.43. The summed E-state index contributed by atoms with van der Waals surface area (Å²) in [6, 6.07) is 14.0. The molecule has 3 N–H and O–H groups in total. The van der Waals surface area contributed by atoms with Crippen LogP contribution in [0.2, 0.25) is 0 Å². The first-order valence-electron chi connectivity index (χ1n) is 9.08. The predicted molar refractivity (Wildman–Crippen MR) is 100 cm³/mol. The second-order valence-corrected chi connectivity index (χ2v) is 7.09. The number of hydrogen-bond donors (Lipinski definition) is 2. The number of primary amides is 1. The lowest BCUT2D eigenvalue weighted by atomic mass is 9.85. The molecule has 4 heteroatoms. The summed E-state index contributed by atoms with van der Waals surface area (Å²) >= 11 is 0. The van der Waals surface area contributed by atoms with Crippen LogP contribution in [0.5, 0.6) is 0 Å². The predicted octanol–water partition coefficient (Wildman–Crippen LogP) is 4.45. The van der Waals surface area contributed by atoms with Gasteiger partial charge in [-0.15, -0.1) is 0 Å². The Kier molecular flexibility index (Phi) is 4.26. The van der Waals surface area contributed by atoms with Crippen molar-refractivity contribution in [1.29, 1.82) is 0 Å². The first kappa shape index (κ1) is 15.9. The molecule has 1 saturated carbocycles. The van der Waals surface area contributed by atoms with Crippen LogP contribution < -0.4 is 5.73 Å². The first-order chi connectivity index (χ1) is 12.2.